The Hall–Kier alpha value is -2.25. The van der Waals surface area contributed by atoms with Gasteiger partial charge in [-0.1, -0.05) is 17.7 Å². The minimum Gasteiger partial charge on any atom is -0.486 e. The van der Waals surface area contributed by atoms with E-state index in [1.807, 2.05) is 41.9 Å². The van der Waals surface area contributed by atoms with Gasteiger partial charge < -0.3 is 10.1 Å². The van der Waals surface area contributed by atoms with E-state index in [2.05, 4.69) is 15.3 Å². The van der Waals surface area contributed by atoms with Crippen molar-refractivity contribution in [1.82, 2.24) is 15.3 Å². The Morgan fingerprint density at radius 1 is 1.20 bits per heavy atom. The molecule has 0 bridgehead atoms. The molecule has 7 heteroatoms. The number of carbonyl (C=O) groups is 1. The number of nitrogens with one attached hydrogen (secondary N) is 1. The van der Waals surface area contributed by atoms with Crippen LogP contribution in [-0.2, 0) is 24.2 Å². The van der Waals surface area contributed by atoms with E-state index in [1.165, 1.54) is 16.9 Å². The summed E-state index contributed by atoms with van der Waals surface area (Å²) in [6.07, 6.45) is 2.83. The summed E-state index contributed by atoms with van der Waals surface area (Å²) in [6.45, 7) is 3.05. The Bertz CT molecular complexity index is 798. The van der Waals surface area contributed by atoms with Gasteiger partial charge in [0.05, 0.1) is 17.1 Å². The lowest BCUT2D eigenvalue weighted by Crippen LogP contribution is -2.27. The van der Waals surface area contributed by atoms with Crippen LogP contribution in [0.25, 0.3) is 0 Å². The van der Waals surface area contributed by atoms with Gasteiger partial charge in [0, 0.05) is 29.9 Å². The van der Waals surface area contributed by atoms with E-state index in [9.17, 15) is 4.79 Å². The number of benzene rings is 1. The van der Waals surface area contributed by atoms with Crippen LogP contribution in [-0.4, -0.2) is 22.4 Å². The second kappa shape index (κ2) is 8.73. The number of hydrogen-bond acceptors (Lipinski definition) is 6. The number of ether oxygens (including phenoxy) is 1. The van der Waals surface area contributed by atoms with Crippen molar-refractivity contribution in [2.45, 2.75) is 26.4 Å². The maximum atomic E-state index is 12.0. The van der Waals surface area contributed by atoms with E-state index < -0.39 is 0 Å². The number of hydrogen-bond donors (Lipinski definition) is 1. The number of aromatic nitrogens is 2. The summed E-state index contributed by atoms with van der Waals surface area (Å²) < 4.78 is 5.71. The molecule has 3 aromatic rings. The van der Waals surface area contributed by atoms with E-state index in [0.29, 0.717) is 19.6 Å². The van der Waals surface area contributed by atoms with Crippen molar-refractivity contribution in [3.05, 3.63) is 62.5 Å². The number of thiazole rings is 2. The highest BCUT2D eigenvalue weighted by Gasteiger charge is 2.08. The highest BCUT2D eigenvalue weighted by atomic mass is 32.1. The summed E-state index contributed by atoms with van der Waals surface area (Å²) in [5.41, 5.74) is 1.98. The first-order valence-corrected chi connectivity index (χ1v) is 9.73. The molecule has 0 unspecified atom stereocenters. The van der Waals surface area contributed by atoms with Crippen molar-refractivity contribution in [2.75, 3.05) is 6.54 Å². The maximum absolute atomic E-state index is 12.0. The maximum Gasteiger partial charge on any atom is 0.226 e. The first-order chi connectivity index (χ1) is 12.2. The van der Waals surface area contributed by atoms with E-state index >= 15 is 0 Å². The average Bonchev–Trinajstić information content (AvgIpc) is 3.26. The second-order valence-corrected chi connectivity index (χ2v) is 7.46. The zero-order chi connectivity index (χ0) is 17.5. The van der Waals surface area contributed by atoms with Crippen molar-refractivity contribution in [3.63, 3.8) is 0 Å². The fourth-order valence-corrected chi connectivity index (χ4v) is 3.51. The van der Waals surface area contributed by atoms with Crippen LogP contribution in [0.1, 0.15) is 21.3 Å². The molecule has 2 heterocycles. The zero-order valence-electron chi connectivity index (χ0n) is 13.9. The molecule has 5 nitrogen and oxygen atoms in total. The van der Waals surface area contributed by atoms with Crippen molar-refractivity contribution in [3.8, 4) is 5.75 Å². The van der Waals surface area contributed by atoms with Gasteiger partial charge in [0.25, 0.3) is 0 Å². The van der Waals surface area contributed by atoms with Crippen LogP contribution in [0.2, 0.25) is 0 Å². The molecule has 0 fully saturated rings. The van der Waals surface area contributed by atoms with Crippen molar-refractivity contribution >= 4 is 28.6 Å². The Morgan fingerprint density at radius 3 is 2.80 bits per heavy atom. The van der Waals surface area contributed by atoms with Crippen LogP contribution in [0.5, 0.6) is 5.75 Å². The molecule has 0 saturated heterocycles. The molecule has 1 amide bonds. The fourth-order valence-electron chi connectivity index (χ4n) is 2.19. The molecule has 3 rings (SSSR count). The topological polar surface area (TPSA) is 64.1 Å². The molecule has 0 aliphatic carbocycles. The smallest absolute Gasteiger partial charge is 0.226 e. The Kier molecular flexibility index (Phi) is 6.14. The molecule has 25 heavy (non-hydrogen) atoms. The van der Waals surface area contributed by atoms with E-state index in [1.54, 1.807) is 17.5 Å². The van der Waals surface area contributed by atoms with E-state index in [0.717, 1.165) is 27.9 Å². The van der Waals surface area contributed by atoms with E-state index in [-0.39, 0.29) is 5.91 Å². The monoisotopic (exact) mass is 373 g/mol. The molecular formula is C18H19N3O2S2. The largest absolute Gasteiger partial charge is 0.486 e. The molecule has 1 N–H and O–H groups in total. The van der Waals surface area contributed by atoms with Gasteiger partial charge in [0.1, 0.15) is 17.4 Å². The first-order valence-electron chi connectivity index (χ1n) is 7.97. The number of aryl methyl sites for hydroxylation is 1. The first kappa shape index (κ1) is 17.6. The van der Waals surface area contributed by atoms with Gasteiger partial charge in [-0.15, -0.1) is 22.7 Å². The van der Waals surface area contributed by atoms with Crippen LogP contribution in [0, 0.1) is 6.92 Å². The lowest BCUT2D eigenvalue weighted by molar-refractivity contribution is -0.120. The third-order valence-corrected chi connectivity index (χ3v) is 5.18. The van der Waals surface area contributed by atoms with Crippen LogP contribution < -0.4 is 10.1 Å². The SMILES string of the molecule is Cc1ccc(OCc2nc(CC(=O)NCCc3nccs3)cs2)cc1. The molecule has 0 atom stereocenters. The third-order valence-electron chi connectivity index (χ3n) is 3.47. The zero-order valence-corrected chi connectivity index (χ0v) is 15.5. The van der Waals surface area contributed by atoms with Gasteiger partial charge >= 0.3 is 0 Å². The summed E-state index contributed by atoms with van der Waals surface area (Å²) in [6, 6.07) is 7.91. The van der Waals surface area contributed by atoms with Gasteiger partial charge in [0.2, 0.25) is 5.91 Å². The Labute approximate surface area is 154 Å². The Balaban J connectivity index is 1.41. The molecule has 0 saturated carbocycles. The van der Waals surface area contributed by atoms with Gasteiger partial charge in [0.15, 0.2) is 0 Å². The quantitative estimate of drug-likeness (QED) is 0.657. The number of carbonyl (C=O) groups excluding carboxylic acids is 1. The molecule has 2 aromatic heterocycles. The standard InChI is InChI=1S/C18H19N3O2S2/c1-13-2-4-15(5-3-13)23-11-18-21-14(12-25-18)10-16(22)19-7-6-17-20-8-9-24-17/h2-5,8-9,12H,6-7,10-11H2,1H3,(H,19,22). The van der Waals surface area contributed by atoms with Gasteiger partial charge in [-0.3, -0.25) is 4.79 Å². The van der Waals surface area contributed by atoms with Gasteiger partial charge in [-0.05, 0) is 19.1 Å². The van der Waals surface area contributed by atoms with Crippen LogP contribution in [0.3, 0.4) is 0 Å². The molecule has 130 valence electrons. The summed E-state index contributed by atoms with van der Waals surface area (Å²) in [7, 11) is 0. The van der Waals surface area contributed by atoms with Gasteiger partial charge in [-0.2, -0.15) is 0 Å². The highest BCUT2D eigenvalue weighted by Crippen LogP contribution is 2.16. The fraction of sp³-hybridized carbons (Fsp3) is 0.278. The van der Waals surface area contributed by atoms with Crippen molar-refractivity contribution in [2.24, 2.45) is 0 Å². The van der Waals surface area contributed by atoms with Gasteiger partial charge in [-0.25, -0.2) is 9.97 Å². The molecular weight excluding hydrogens is 354 g/mol. The minimum atomic E-state index is -0.0205. The normalized spacial score (nSPS) is 10.6. The number of rotatable bonds is 8. The summed E-state index contributed by atoms with van der Waals surface area (Å²) in [4.78, 5) is 20.6. The average molecular weight is 374 g/mol. The van der Waals surface area contributed by atoms with E-state index in [4.69, 9.17) is 4.74 Å². The summed E-state index contributed by atoms with van der Waals surface area (Å²) in [5, 5.41) is 8.65. The summed E-state index contributed by atoms with van der Waals surface area (Å²) >= 11 is 3.11. The van der Waals surface area contributed by atoms with Crippen LogP contribution in [0.15, 0.2) is 41.2 Å². The second-order valence-electron chi connectivity index (χ2n) is 5.54. The number of amides is 1. The molecule has 1 aromatic carbocycles. The lowest BCUT2D eigenvalue weighted by Gasteiger charge is -2.04. The third kappa shape index (κ3) is 5.65. The number of nitrogens with zero attached hydrogens (tertiary/aromatic N) is 2. The highest BCUT2D eigenvalue weighted by molar-refractivity contribution is 7.09. The molecule has 0 aliphatic heterocycles. The van der Waals surface area contributed by atoms with Crippen LogP contribution in [0.4, 0.5) is 0 Å². The lowest BCUT2D eigenvalue weighted by atomic mass is 10.2. The van der Waals surface area contributed by atoms with Crippen LogP contribution >= 0.6 is 22.7 Å². The predicted octanol–water partition coefficient (Wildman–Crippen LogP) is 3.39. The van der Waals surface area contributed by atoms with Crippen molar-refractivity contribution in [1.29, 1.82) is 0 Å². The Morgan fingerprint density at radius 2 is 2.04 bits per heavy atom. The molecule has 0 spiro atoms. The minimum absolute atomic E-state index is 0.0205. The predicted molar refractivity (Wildman–Crippen MR) is 100 cm³/mol. The summed E-state index contributed by atoms with van der Waals surface area (Å²) in [5.74, 6) is 0.801. The van der Waals surface area contributed by atoms with Crippen molar-refractivity contribution < 1.29 is 9.53 Å². The molecule has 0 radical (unpaired) electrons. The molecule has 0 aliphatic rings.